The fraction of sp³-hybridized carbons (Fsp3) is 0.667. The van der Waals surface area contributed by atoms with Gasteiger partial charge in [0.15, 0.2) is 5.78 Å². The van der Waals surface area contributed by atoms with Crippen molar-refractivity contribution in [1.82, 2.24) is 26.6 Å². The van der Waals surface area contributed by atoms with Gasteiger partial charge in [-0.15, -0.1) is 0 Å². The van der Waals surface area contributed by atoms with Crippen LogP contribution in [-0.2, 0) is 47.8 Å². The third kappa shape index (κ3) is 19.6. The van der Waals surface area contributed by atoms with E-state index in [-0.39, 0.29) is 89.7 Å². The first kappa shape index (κ1) is 36.9. The Balaban J connectivity index is 4.02. The van der Waals surface area contributed by atoms with Crippen LogP contribution in [0, 0.1) is 0 Å². The molecule has 232 valence electrons. The number of carbonyl (C=O) groups is 8. The second-order valence-corrected chi connectivity index (χ2v) is 8.62. The summed E-state index contributed by atoms with van der Waals surface area (Å²) < 4.78 is 10.4. The molecule has 0 spiro atoms. The molecule has 5 amide bonds. The lowest BCUT2D eigenvalue weighted by Gasteiger charge is -2.15. The fourth-order valence-electron chi connectivity index (χ4n) is 3.08. The van der Waals surface area contributed by atoms with Crippen molar-refractivity contribution in [2.24, 2.45) is 0 Å². The predicted octanol–water partition coefficient (Wildman–Crippen LogP) is -2.93. The summed E-state index contributed by atoms with van der Waals surface area (Å²) in [5.74, 6) is -6.34. The average Bonchev–Trinajstić information content (AvgIpc) is 2.91. The number of nitrogens with one attached hydrogen (secondary N) is 5. The van der Waals surface area contributed by atoms with Gasteiger partial charge in [-0.25, -0.2) is 9.59 Å². The first-order chi connectivity index (χ1) is 19.4. The van der Waals surface area contributed by atoms with Gasteiger partial charge < -0.3 is 46.3 Å². The van der Waals surface area contributed by atoms with E-state index in [1.54, 1.807) is 0 Å². The summed E-state index contributed by atoms with van der Waals surface area (Å²) in [5, 5.41) is 29.5. The minimum absolute atomic E-state index is 0.0657. The standard InChI is InChI=1S/C24H39N5O12/c1-15(30)16(5-7-18(31)25-2)28-21(34)14-41-13-12-40-11-10-26-19(32)8-6-17(23(36)37)29-20(33)4-3-9-27-22(35)24(38)39/h16-17H,3-14H2,1-2H3,(H,25,31)(H,26,32)(H,27,35)(H,28,34)(H,29,33)(H,36,37)(H,38,39)/t16-,17-/m0/s1. The largest absolute Gasteiger partial charge is 0.480 e. The zero-order valence-corrected chi connectivity index (χ0v) is 23.1. The van der Waals surface area contributed by atoms with Crippen LogP contribution in [0.4, 0.5) is 0 Å². The summed E-state index contributed by atoms with van der Waals surface area (Å²) in [4.78, 5) is 91.3. The van der Waals surface area contributed by atoms with Gasteiger partial charge in [-0.2, -0.15) is 0 Å². The molecule has 0 rings (SSSR count). The van der Waals surface area contributed by atoms with E-state index in [1.807, 2.05) is 0 Å². The minimum atomic E-state index is -1.66. The number of carboxylic acids is 2. The van der Waals surface area contributed by atoms with Gasteiger partial charge in [0.05, 0.1) is 25.9 Å². The van der Waals surface area contributed by atoms with Gasteiger partial charge in [-0.3, -0.25) is 28.8 Å². The smallest absolute Gasteiger partial charge is 0.394 e. The first-order valence-electron chi connectivity index (χ1n) is 12.8. The number of carbonyl (C=O) groups excluding carboxylic acids is 6. The third-order valence-corrected chi connectivity index (χ3v) is 5.29. The second kappa shape index (κ2) is 21.7. The normalized spacial score (nSPS) is 11.9. The molecule has 17 heteroatoms. The van der Waals surface area contributed by atoms with Crippen molar-refractivity contribution < 1.29 is 58.0 Å². The van der Waals surface area contributed by atoms with Gasteiger partial charge in [0.2, 0.25) is 23.6 Å². The fourth-order valence-corrected chi connectivity index (χ4v) is 3.08. The van der Waals surface area contributed by atoms with Crippen LogP contribution in [0.15, 0.2) is 0 Å². The molecule has 2 atom stereocenters. The van der Waals surface area contributed by atoms with Gasteiger partial charge in [0.25, 0.3) is 0 Å². The molecule has 17 nitrogen and oxygen atoms in total. The molecule has 7 N–H and O–H groups in total. The summed E-state index contributed by atoms with van der Waals surface area (Å²) in [6.07, 6.45) is -0.161. The van der Waals surface area contributed by atoms with Crippen molar-refractivity contribution in [3.8, 4) is 0 Å². The summed E-state index contributed by atoms with van der Waals surface area (Å²) in [5.41, 5.74) is 0. The number of ether oxygens (including phenoxy) is 2. The van der Waals surface area contributed by atoms with E-state index in [0.717, 1.165) is 0 Å². The summed E-state index contributed by atoms with van der Waals surface area (Å²) >= 11 is 0. The van der Waals surface area contributed by atoms with Crippen LogP contribution in [0.25, 0.3) is 0 Å². The van der Waals surface area contributed by atoms with Crippen LogP contribution < -0.4 is 26.6 Å². The molecular weight excluding hydrogens is 550 g/mol. The topological polar surface area (TPSA) is 256 Å². The van der Waals surface area contributed by atoms with Crippen molar-refractivity contribution in [1.29, 1.82) is 0 Å². The lowest BCUT2D eigenvalue weighted by atomic mass is 10.1. The van der Waals surface area contributed by atoms with Gasteiger partial charge >= 0.3 is 17.8 Å². The lowest BCUT2D eigenvalue weighted by Crippen LogP contribution is -2.42. The Kier molecular flexibility index (Phi) is 19.5. The SMILES string of the molecule is CNC(=O)CC[C@H](NC(=O)COCCOCCNC(=O)CC[C@H](NC(=O)CCCNC(=O)C(=O)O)C(=O)O)C(C)=O. The van der Waals surface area contributed by atoms with E-state index in [4.69, 9.17) is 14.6 Å². The summed E-state index contributed by atoms with van der Waals surface area (Å²) in [6, 6.07) is -2.10. The monoisotopic (exact) mass is 589 g/mol. The summed E-state index contributed by atoms with van der Waals surface area (Å²) in [6.45, 7) is 1.34. The van der Waals surface area contributed by atoms with Crippen molar-refractivity contribution in [2.45, 2.75) is 57.5 Å². The molecule has 0 unspecified atom stereocenters. The van der Waals surface area contributed by atoms with E-state index < -0.39 is 47.7 Å². The molecule has 0 aromatic rings. The maximum absolute atomic E-state index is 12.0. The Morgan fingerprint density at radius 3 is 1.90 bits per heavy atom. The van der Waals surface area contributed by atoms with Gasteiger partial charge in [-0.1, -0.05) is 0 Å². The van der Waals surface area contributed by atoms with Crippen LogP contribution >= 0.6 is 0 Å². The predicted molar refractivity (Wildman–Crippen MR) is 139 cm³/mol. The van der Waals surface area contributed by atoms with Crippen molar-refractivity contribution in [2.75, 3.05) is 46.6 Å². The Hall–Kier alpha value is -4.12. The van der Waals surface area contributed by atoms with E-state index in [9.17, 15) is 43.5 Å². The van der Waals surface area contributed by atoms with Crippen molar-refractivity contribution in [3.63, 3.8) is 0 Å². The minimum Gasteiger partial charge on any atom is -0.480 e. The molecular formula is C24H39N5O12. The highest BCUT2D eigenvalue weighted by Crippen LogP contribution is 2.01. The van der Waals surface area contributed by atoms with E-state index in [1.165, 1.54) is 14.0 Å². The van der Waals surface area contributed by atoms with Crippen LogP contribution in [0.1, 0.15) is 45.4 Å². The first-order valence-corrected chi connectivity index (χ1v) is 12.8. The number of amides is 5. The van der Waals surface area contributed by atoms with E-state index in [0.29, 0.717) is 0 Å². The summed E-state index contributed by atoms with van der Waals surface area (Å²) in [7, 11) is 1.47. The van der Waals surface area contributed by atoms with E-state index >= 15 is 0 Å². The Morgan fingerprint density at radius 2 is 1.29 bits per heavy atom. The van der Waals surface area contributed by atoms with Crippen LogP contribution in [0.5, 0.6) is 0 Å². The number of rotatable bonds is 22. The zero-order chi connectivity index (χ0) is 31.2. The quantitative estimate of drug-likeness (QED) is 0.0495. The van der Waals surface area contributed by atoms with Crippen LogP contribution in [0.3, 0.4) is 0 Å². The molecule has 0 saturated carbocycles. The van der Waals surface area contributed by atoms with Crippen molar-refractivity contribution >= 4 is 47.3 Å². The van der Waals surface area contributed by atoms with Crippen molar-refractivity contribution in [3.05, 3.63) is 0 Å². The number of carboxylic acid groups (broad SMARTS) is 2. The molecule has 0 aromatic carbocycles. The lowest BCUT2D eigenvalue weighted by molar-refractivity contribution is -0.150. The molecule has 0 radical (unpaired) electrons. The molecule has 0 fully saturated rings. The number of ketones is 1. The highest BCUT2D eigenvalue weighted by atomic mass is 16.5. The molecule has 0 saturated heterocycles. The Morgan fingerprint density at radius 1 is 0.683 bits per heavy atom. The average molecular weight is 590 g/mol. The van der Waals surface area contributed by atoms with Crippen LogP contribution in [0.2, 0.25) is 0 Å². The third-order valence-electron chi connectivity index (χ3n) is 5.29. The molecule has 0 aliphatic rings. The number of aliphatic carboxylic acids is 2. The molecule has 0 heterocycles. The Labute approximate surface area is 236 Å². The zero-order valence-electron chi connectivity index (χ0n) is 23.1. The van der Waals surface area contributed by atoms with Gasteiger partial charge in [0.1, 0.15) is 12.6 Å². The Bertz CT molecular complexity index is 927. The molecule has 0 aromatic heterocycles. The molecule has 0 aliphatic carbocycles. The maximum Gasteiger partial charge on any atom is 0.394 e. The van der Waals surface area contributed by atoms with E-state index in [2.05, 4.69) is 26.6 Å². The number of Topliss-reactive ketones (excluding diaryl/α,β-unsaturated/α-hetero) is 1. The molecule has 41 heavy (non-hydrogen) atoms. The van der Waals surface area contributed by atoms with Gasteiger partial charge in [-0.05, 0) is 26.2 Å². The van der Waals surface area contributed by atoms with Crippen LogP contribution in [-0.4, -0.2) is 116 Å². The number of hydrogen-bond acceptors (Lipinski definition) is 10. The molecule has 0 aliphatic heterocycles. The highest BCUT2D eigenvalue weighted by molar-refractivity contribution is 6.31. The maximum atomic E-state index is 12.0. The van der Waals surface area contributed by atoms with Gasteiger partial charge in [0, 0.05) is 39.4 Å². The molecule has 0 bridgehead atoms. The second-order valence-electron chi connectivity index (χ2n) is 8.62. The number of hydrogen-bond donors (Lipinski definition) is 7. The highest BCUT2D eigenvalue weighted by Gasteiger charge is 2.21.